The van der Waals surface area contributed by atoms with Gasteiger partial charge in [0.25, 0.3) is 0 Å². The molecule has 0 amide bonds. The Morgan fingerprint density at radius 3 is 2.03 bits per heavy atom. The quantitative estimate of drug-likeness (QED) is 0.259. The van der Waals surface area contributed by atoms with E-state index in [4.69, 9.17) is 14.1 Å². The van der Waals surface area contributed by atoms with Crippen LogP contribution >= 0.6 is 0 Å². The van der Waals surface area contributed by atoms with E-state index >= 15 is 0 Å². The van der Waals surface area contributed by atoms with Crippen molar-refractivity contribution < 1.29 is 19.1 Å². The van der Waals surface area contributed by atoms with Crippen molar-refractivity contribution in [3.63, 3.8) is 0 Å². The van der Waals surface area contributed by atoms with Crippen molar-refractivity contribution in [1.29, 1.82) is 0 Å². The second-order valence-corrected chi connectivity index (χ2v) is 8.10. The van der Waals surface area contributed by atoms with Gasteiger partial charge in [-0.3, -0.25) is 0 Å². The number of carbonyl (C=O) groups is 1. The fourth-order valence-corrected chi connectivity index (χ4v) is 3.93. The summed E-state index contributed by atoms with van der Waals surface area (Å²) in [5.41, 5.74) is 5.29. The SMILES string of the molecule is C.CC(Oc1cccc(-c2ccccc2-c2nc(-c3ccccc3)c(-c3ccccc3)o2)c1)C(=O)O. The van der Waals surface area contributed by atoms with Crippen molar-refractivity contribution >= 4 is 5.97 Å². The lowest BCUT2D eigenvalue weighted by atomic mass is 9.99. The second-order valence-electron chi connectivity index (χ2n) is 8.10. The molecule has 0 fully saturated rings. The smallest absolute Gasteiger partial charge is 0.344 e. The molecule has 1 aromatic heterocycles. The Balaban J connectivity index is 0.00000304. The van der Waals surface area contributed by atoms with Gasteiger partial charge in [-0.15, -0.1) is 0 Å². The fourth-order valence-electron chi connectivity index (χ4n) is 3.93. The summed E-state index contributed by atoms with van der Waals surface area (Å²) in [6.07, 6.45) is -0.950. The van der Waals surface area contributed by atoms with Crippen LogP contribution in [0.3, 0.4) is 0 Å². The molecular weight excluding hydrogens is 450 g/mol. The van der Waals surface area contributed by atoms with E-state index in [1.165, 1.54) is 6.92 Å². The average molecular weight is 478 g/mol. The monoisotopic (exact) mass is 477 g/mol. The summed E-state index contributed by atoms with van der Waals surface area (Å²) in [6, 6.07) is 35.1. The number of rotatable bonds is 7. The average Bonchev–Trinajstić information content (AvgIpc) is 3.35. The summed E-state index contributed by atoms with van der Waals surface area (Å²) in [4.78, 5) is 16.2. The van der Waals surface area contributed by atoms with Crippen LogP contribution in [0, 0.1) is 0 Å². The maximum atomic E-state index is 11.2. The van der Waals surface area contributed by atoms with Gasteiger partial charge in [0.05, 0.1) is 0 Å². The highest BCUT2D eigenvalue weighted by molar-refractivity contribution is 5.84. The predicted octanol–water partition coefficient (Wildman–Crippen LogP) is 7.83. The number of hydrogen-bond donors (Lipinski definition) is 1. The molecule has 4 aromatic carbocycles. The number of carboxylic acids is 1. The molecule has 0 aliphatic rings. The Hall–Kier alpha value is -4.64. The molecule has 1 N–H and O–H groups in total. The lowest BCUT2D eigenvalue weighted by Gasteiger charge is -2.12. The molecule has 0 spiro atoms. The van der Waals surface area contributed by atoms with E-state index in [9.17, 15) is 9.90 Å². The standard InChI is InChI=1S/C30H23NO4.CH4/c1-20(30(32)33)34-24-16-10-15-23(19-24)25-17-8-9-18-26(25)29-31-27(21-11-4-2-5-12-21)28(35-29)22-13-6-3-7-14-22;/h2-20H,1H3,(H,32,33);1H4. The fraction of sp³-hybridized carbons (Fsp3) is 0.0968. The van der Waals surface area contributed by atoms with Crippen LogP contribution in [0.4, 0.5) is 0 Å². The number of aliphatic carboxylic acids is 1. The van der Waals surface area contributed by atoms with E-state index in [0.29, 0.717) is 17.4 Å². The van der Waals surface area contributed by atoms with Gasteiger partial charge in [-0.2, -0.15) is 0 Å². The lowest BCUT2D eigenvalue weighted by molar-refractivity contribution is -0.144. The molecule has 5 heteroatoms. The van der Waals surface area contributed by atoms with Gasteiger partial charge < -0.3 is 14.3 Å². The van der Waals surface area contributed by atoms with Gasteiger partial charge in [0, 0.05) is 16.7 Å². The Morgan fingerprint density at radius 1 is 0.778 bits per heavy atom. The highest BCUT2D eigenvalue weighted by Gasteiger charge is 2.20. The largest absolute Gasteiger partial charge is 0.479 e. The van der Waals surface area contributed by atoms with Crippen LogP contribution in [0.15, 0.2) is 114 Å². The van der Waals surface area contributed by atoms with Crippen molar-refractivity contribution in [3.8, 4) is 50.9 Å². The molecule has 1 heterocycles. The van der Waals surface area contributed by atoms with E-state index in [2.05, 4.69) is 0 Å². The van der Waals surface area contributed by atoms with E-state index in [-0.39, 0.29) is 7.43 Å². The lowest BCUT2D eigenvalue weighted by Crippen LogP contribution is -2.22. The van der Waals surface area contributed by atoms with Crippen molar-refractivity contribution in [2.75, 3.05) is 0 Å². The number of nitrogens with zero attached hydrogens (tertiary/aromatic N) is 1. The van der Waals surface area contributed by atoms with Crippen LogP contribution in [0.2, 0.25) is 0 Å². The van der Waals surface area contributed by atoms with Crippen LogP contribution in [0.25, 0.3) is 45.2 Å². The maximum Gasteiger partial charge on any atom is 0.344 e. The Bertz CT molecular complexity index is 1400. The topological polar surface area (TPSA) is 72.6 Å². The van der Waals surface area contributed by atoms with Crippen LogP contribution in [-0.2, 0) is 4.79 Å². The zero-order valence-electron chi connectivity index (χ0n) is 19.1. The molecule has 0 bridgehead atoms. The molecule has 180 valence electrons. The molecule has 0 aliphatic heterocycles. The minimum absolute atomic E-state index is 0. The molecular formula is C31H27NO4. The Labute approximate surface area is 210 Å². The first-order valence-electron chi connectivity index (χ1n) is 11.3. The van der Waals surface area contributed by atoms with Gasteiger partial charge in [0.15, 0.2) is 11.9 Å². The van der Waals surface area contributed by atoms with Crippen molar-refractivity contribution in [2.45, 2.75) is 20.5 Å². The van der Waals surface area contributed by atoms with Crippen molar-refractivity contribution in [3.05, 3.63) is 109 Å². The third kappa shape index (κ3) is 5.05. The molecule has 0 saturated carbocycles. The van der Waals surface area contributed by atoms with Gasteiger partial charge in [0.1, 0.15) is 11.4 Å². The minimum Gasteiger partial charge on any atom is -0.479 e. The zero-order valence-corrected chi connectivity index (χ0v) is 19.1. The number of ether oxygens (including phenoxy) is 1. The number of hydrogen-bond acceptors (Lipinski definition) is 4. The van der Waals surface area contributed by atoms with E-state index in [1.54, 1.807) is 6.07 Å². The molecule has 5 aromatic rings. The second kappa shape index (κ2) is 10.7. The highest BCUT2D eigenvalue weighted by atomic mass is 16.5. The normalized spacial score (nSPS) is 11.4. The highest BCUT2D eigenvalue weighted by Crippen LogP contribution is 2.39. The summed E-state index contributed by atoms with van der Waals surface area (Å²) in [6.45, 7) is 1.51. The van der Waals surface area contributed by atoms with Crippen LogP contribution in [0.5, 0.6) is 5.75 Å². The Morgan fingerprint density at radius 2 is 1.36 bits per heavy atom. The first-order valence-corrected chi connectivity index (χ1v) is 11.3. The minimum atomic E-state index is -1.02. The van der Waals surface area contributed by atoms with E-state index in [1.807, 2.05) is 103 Å². The van der Waals surface area contributed by atoms with Gasteiger partial charge in [-0.25, -0.2) is 9.78 Å². The van der Waals surface area contributed by atoms with Gasteiger partial charge in [-0.05, 0) is 36.2 Å². The molecule has 36 heavy (non-hydrogen) atoms. The first-order chi connectivity index (χ1) is 17.1. The van der Waals surface area contributed by atoms with Gasteiger partial charge in [-0.1, -0.05) is 98.4 Å². The molecule has 0 aliphatic carbocycles. The molecule has 5 nitrogen and oxygen atoms in total. The van der Waals surface area contributed by atoms with E-state index < -0.39 is 12.1 Å². The third-order valence-corrected chi connectivity index (χ3v) is 5.67. The number of oxazole rings is 1. The first kappa shape index (κ1) is 24.5. The number of benzene rings is 4. The summed E-state index contributed by atoms with van der Waals surface area (Å²) in [7, 11) is 0. The zero-order chi connectivity index (χ0) is 24.2. The molecule has 1 unspecified atom stereocenters. The number of aromatic nitrogens is 1. The predicted molar refractivity (Wildman–Crippen MR) is 143 cm³/mol. The van der Waals surface area contributed by atoms with Gasteiger partial charge >= 0.3 is 5.97 Å². The molecule has 0 saturated heterocycles. The molecule has 5 rings (SSSR count). The summed E-state index contributed by atoms with van der Waals surface area (Å²) in [5, 5.41) is 9.19. The third-order valence-electron chi connectivity index (χ3n) is 5.67. The maximum absolute atomic E-state index is 11.2. The van der Waals surface area contributed by atoms with Crippen LogP contribution < -0.4 is 4.74 Å². The summed E-state index contributed by atoms with van der Waals surface area (Å²) >= 11 is 0. The van der Waals surface area contributed by atoms with Crippen LogP contribution in [-0.4, -0.2) is 22.2 Å². The van der Waals surface area contributed by atoms with E-state index in [0.717, 1.165) is 33.5 Å². The van der Waals surface area contributed by atoms with Crippen LogP contribution in [0.1, 0.15) is 14.4 Å². The van der Waals surface area contributed by atoms with Crippen molar-refractivity contribution in [1.82, 2.24) is 4.98 Å². The van der Waals surface area contributed by atoms with Gasteiger partial charge in [0.2, 0.25) is 5.89 Å². The Kier molecular flexibility index (Phi) is 7.31. The van der Waals surface area contributed by atoms with Crippen molar-refractivity contribution in [2.24, 2.45) is 0 Å². The number of carboxylic acid groups (broad SMARTS) is 1. The molecule has 1 atom stereocenters. The summed E-state index contributed by atoms with van der Waals surface area (Å²) < 4.78 is 12.0. The molecule has 0 radical (unpaired) electrons. The summed E-state index contributed by atoms with van der Waals surface area (Å²) in [5.74, 6) is 0.671.